The Balaban J connectivity index is 1.54. The van der Waals surface area contributed by atoms with Gasteiger partial charge in [-0.1, -0.05) is 12.1 Å². The second-order valence-corrected chi connectivity index (χ2v) is 7.01. The molecule has 0 radical (unpaired) electrons. The maximum Gasteiger partial charge on any atom is 0.191 e. The molecule has 7 heteroatoms. The molecule has 1 aromatic carbocycles. The Morgan fingerprint density at radius 2 is 2.00 bits per heavy atom. The number of aliphatic imine (C=N–C) groups is 1. The smallest absolute Gasteiger partial charge is 0.191 e. The second-order valence-electron chi connectivity index (χ2n) is 7.01. The predicted molar refractivity (Wildman–Crippen MR) is 116 cm³/mol. The van der Waals surface area contributed by atoms with Gasteiger partial charge in [-0.25, -0.2) is 4.68 Å². The lowest BCUT2D eigenvalue weighted by Gasteiger charge is -2.21. The fourth-order valence-corrected chi connectivity index (χ4v) is 3.07. The third kappa shape index (κ3) is 5.96. The number of likely N-dealkylation sites (N-methyl/N-ethyl adjacent to an activating group) is 1. The number of guanidine groups is 1. The van der Waals surface area contributed by atoms with E-state index in [0.29, 0.717) is 6.54 Å². The standard InChI is InChI=1S/C22H30N6O/c1-4-23-22(25-17-20(27(2)3)21-7-5-16-29-21)24-14-12-18-8-10-19(11-9-18)28-15-6-13-26-28/h5-11,13,15-16,20H,4,12,14,17H2,1-3H3,(H2,23,24,25). The molecular formula is C22H30N6O. The summed E-state index contributed by atoms with van der Waals surface area (Å²) in [7, 11) is 4.08. The molecule has 0 aliphatic carbocycles. The second kappa shape index (κ2) is 10.5. The van der Waals surface area contributed by atoms with Crippen molar-refractivity contribution >= 4 is 5.96 Å². The van der Waals surface area contributed by atoms with Gasteiger partial charge in [0.1, 0.15) is 5.76 Å². The Morgan fingerprint density at radius 1 is 1.17 bits per heavy atom. The average Bonchev–Trinajstić information content (AvgIpc) is 3.43. The van der Waals surface area contributed by atoms with Gasteiger partial charge < -0.3 is 15.1 Å². The molecule has 3 rings (SSSR count). The van der Waals surface area contributed by atoms with Crippen LogP contribution in [0.15, 0.2) is 70.5 Å². The summed E-state index contributed by atoms with van der Waals surface area (Å²) in [6.07, 6.45) is 6.35. The quantitative estimate of drug-likeness (QED) is 0.431. The number of hydrogen-bond acceptors (Lipinski definition) is 4. The van der Waals surface area contributed by atoms with E-state index in [1.165, 1.54) is 5.56 Å². The number of benzene rings is 1. The van der Waals surface area contributed by atoms with Crippen LogP contribution in [-0.4, -0.2) is 54.4 Å². The van der Waals surface area contributed by atoms with Crippen molar-refractivity contribution in [1.82, 2.24) is 25.3 Å². The van der Waals surface area contributed by atoms with E-state index in [0.717, 1.165) is 36.9 Å². The summed E-state index contributed by atoms with van der Waals surface area (Å²) in [6.45, 7) is 4.31. The van der Waals surface area contributed by atoms with Crippen molar-refractivity contribution in [2.75, 3.05) is 33.7 Å². The molecule has 0 spiro atoms. The lowest BCUT2D eigenvalue weighted by molar-refractivity contribution is 0.265. The normalized spacial score (nSPS) is 12.9. The first-order chi connectivity index (χ1) is 14.2. The van der Waals surface area contributed by atoms with E-state index in [4.69, 9.17) is 9.41 Å². The minimum absolute atomic E-state index is 0.107. The van der Waals surface area contributed by atoms with E-state index in [1.54, 1.807) is 12.5 Å². The summed E-state index contributed by atoms with van der Waals surface area (Å²) in [4.78, 5) is 6.87. The number of rotatable bonds is 9. The monoisotopic (exact) mass is 394 g/mol. The van der Waals surface area contributed by atoms with E-state index in [1.807, 2.05) is 43.2 Å². The van der Waals surface area contributed by atoms with Crippen LogP contribution in [0.1, 0.15) is 24.3 Å². The van der Waals surface area contributed by atoms with Crippen LogP contribution in [0, 0.1) is 0 Å². The lowest BCUT2D eigenvalue weighted by atomic mass is 10.1. The number of furan rings is 1. The zero-order chi connectivity index (χ0) is 20.5. The summed E-state index contributed by atoms with van der Waals surface area (Å²) >= 11 is 0. The highest BCUT2D eigenvalue weighted by Crippen LogP contribution is 2.18. The maximum absolute atomic E-state index is 5.57. The van der Waals surface area contributed by atoms with Gasteiger partial charge in [0.05, 0.1) is 24.5 Å². The Bertz CT molecular complexity index is 853. The van der Waals surface area contributed by atoms with Crippen molar-refractivity contribution in [2.45, 2.75) is 19.4 Å². The van der Waals surface area contributed by atoms with Crippen LogP contribution in [-0.2, 0) is 6.42 Å². The van der Waals surface area contributed by atoms with Crippen molar-refractivity contribution in [3.8, 4) is 5.69 Å². The van der Waals surface area contributed by atoms with Crippen LogP contribution >= 0.6 is 0 Å². The van der Waals surface area contributed by atoms with Gasteiger partial charge >= 0.3 is 0 Å². The van der Waals surface area contributed by atoms with Crippen molar-refractivity contribution in [3.63, 3.8) is 0 Å². The average molecular weight is 395 g/mol. The van der Waals surface area contributed by atoms with Crippen molar-refractivity contribution in [3.05, 3.63) is 72.4 Å². The molecule has 0 fully saturated rings. The highest BCUT2D eigenvalue weighted by molar-refractivity contribution is 5.79. The van der Waals surface area contributed by atoms with Crippen LogP contribution in [0.2, 0.25) is 0 Å². The molecule has 0 amide bonds. The lowest BCUT2D eigenvalue weighted by Crippen LogP contribution is -2.39. The zero-order valence-corrected chi connectivity index (χ0v) is 17.4. The van der Waals surface area contributed by atoms with Gasteiger partial charge in [0.2, 0.25) is 0 Å². The van der Waals surface area contributed by atoms with Crippen molar-refractivity contribution in [2.24, 2.45) is 4.99 Å². The highest BCUT2D eigenvalue weighted by Gasteiger charge is 2.16. The van der Waals surface area contributed by atoms with Gasteiger partial charge in [0.25, 0.3) is 0 Å². The first-order valence-corrected chi connectivity index (χ1v) is 9.98. The third-order valence-electron chi connectivity index (χ3n) is 4.67. The van der Waals surface area contributed by atoms with Crippen molar-refractivity contribution in [1.29, 1.82) is 0 Å². The largest absolute Gasteiger partial charge is 0.468 e. The first kappa shape index (κ1) is 20.7. The van der Waals surface area contributed by atoms with E-state index >= 15 is 0 Å². The fraction of sp³-hybridized carbons (Fsp3) is 0.364. The van der Waals surface area contributed by atoms with Gasteiger partial charge in [0.15, 0.2) is 5.96 Å². The summed E-state index contributed by atoms with van der Waals surface area (Å²) < 4.78 is 7.43. The molecule has 1 unspecified atom stereocenters. The summed E-state index contributed by atoms with van der Waals surface area (Å²) in [5.74, 6) is 1.74. The third-order valence-corrected chi connectivity index (χ3v) is 4.67. The Kier molecular flexibility index (Phi) is 7.47. The molecule has 0 saturated carbocycles. The van der Waals surface area contributed by atoms with Crippen LogP contribution in [0.5, 0.6) is 0 Å². The molecule has 1 atom stereocenters. The van der Waals surface area contributed by atoms with Gasteiger partial charge in [-0.15, -0.1) is 0 Å². The van der Waals surface area contributed by atoms with E-state index in [9.17, 15) is 0 Å². The highest BCUT2D eigenvalue weighted by atomic mass is 16.3. The van der Waals surface area contributed by atoms with Gasteiger partial charge in [-0.2, -0.15) is 5.10 Å². The molecule has 0 aliphatic heterocycles. The number of nitrogens with zero attached hydrogens (tertiary/aromatic N) is 4. The molecule has 2 heterocycles. The maximum atomic E-state index is 5.57. The van der Waals surface area contributed by atoms with Gasteiger partial charge in [-0.3, -0.25) is 9.89 Å². The molecule has 2 aromatic heterocycles. The molecular weight excluding hydrogens is 364 g/mol. The van der Waals surface area contributed by atoms with Crippen LogP contribution in [0.4, 0.5) is 0 Å². The minimum Gasteiger partial charge on any atom is -0.468 e. The molecule has 3 aromatic rings. The van der Waals surface area contributed by atoms with Crippen LogP contribution < -0.4 is 10.6 Å². The van der Waals surface area contributed by atoms with Crippen LogP contribution in [0.25, 0.3) is 5.69 Å². The Hall–Kier alpha value is -3.06. The molecule has 29 heavy (non-hydrogen) atoms. The SMILES string of the molecule is CCNC(=NCC(c1ccco1)N(C)C)NCCc1ccc(-n2cccn2)cc1. The fourth-order valence-electron chi connectivity index (χ4n) is 3.07. The van der Waals surface area contributed by atoms with Gasteiger partial charge in [-0.05, 0) is 63.3 Å². The summed E-state index contributed by atoms with van der Waals surface area (Å²) in [6, 6.07) is 14.4. The molecule has 0 saturated heterocycles. The minimum atomic E-state index is 0.107. The zero-order valence-electron chi connectivity index (χ0n) is 17.4. The summed E-state index contributed by atoms with van der Waals surface area (Å²) in [5.41, 5.74) is 2.33. The van der Waals surface area contributed by atoms with Gasteiger partial charge in [0, 0.05) is 25.5 Å². The van der Waals surface area contributed by atoms with Crippen LogP contribution in [0.3, 0.4) is 0 Å². The predicted octanol–water partition coefficient (Wildman–Crippen LogP) is 2.87. The first-order valence-electron chi connectivity index (χ1n) is 9.98. The summed E-state index contributed by atoms with van der Waals surface area (Å²) in [5, 5.41) is 11.0. The van der Waals surface area contributed by atoms with Crippen molar-refractivity contribution < 1.29 is 4.42 Å². The molecule has 0 bridgehead atoms. The molecule has 154 valence electrons. The number of nitrogens with one attached hydrogen (secondary N) is 2. The molecule has 0 aliphatic rings. The Labute approximate surface area is 172 Å². The Morgan fingerprint density at radius 3 is 2.62 bits per heavy atom. The topological polar surface area (TPSA) is 70.6 Å². The van der Waals surface area contributed by atoms with E-state index in [-0.39, 0.29) is 6.04 Å². The van der Waals surface area contributed by atoms with E-state index in [2.05, 4.69) is 51.8 Å². The molecule has 2 N–H and O–H groups in total. The number of hydrogen-bond donors (Lipinski definition) is 2. The molecule has 7 nitrogen and oxygen atoms in total. The van der Waals surface area contributed by atoms with E-state index < -0.39 is 0 Å². The number of aromatic nitrogens is 2.